The highest BCUT2D eigenvalue weighted by Gasteiger charge is 2.31. The molecule has 5 heteroatoms. The molecule has 0 bridgehead atoms. The van der Waals surface area contributed by atoms with E-state index in [1.54, 1.807) is 4.90 Å². The van der Waals surface area contributed by atoms with Gasteiger partial charge in [-0.15, -0.1) is 0 Å². The lowest BCUT2D eigenvalue weighted by Crippen LogP contribution is -2.51. The van der Waals surface area contributed by atoms with E-state index >= 15 is 0 Å². The number of hydrogen-bond donors (Lipinski definition) is 1. The summed E-state index contributed by atoms with van der Waals surface area (Å²) < 4.78 is 0. The van der Waals surface area contributed by atoms with Gasteiger partial charge in [-0.3, -0.25) is 9.59 Å². The first-order valence-electron chi connectivity index (χ1n) is 7.85. The number of piperidine rings is 1. The highest BCUT2D eigenvalue weighted by Crippen LogP contribution is 2.19. The van der Waals surface area contributed by atoms with Gasteiger partial charge >= 0.3 is 0 Å². The molecule has 1 fully saturated rings. The van der Waals surface area contributed by atoms with Crippen molar-refractivity contribution in [1.82, 2.24) is 10.2 Å². The molecule has 2 rings (SSSR count). The average molecular weight is 323 g/mol. The fraction of sp³-hybridized carbons (Fsp3) is 0.529. The minimum Gasteiger partial charge on any atom is -0.350 e. The first-order valence-corrected chi connectivity index (χ1v) is 8.23. The van der Waals surface area contributed by atoms with Gasteiger partial charge < -0.3 is 10.2 Å². The molecular formula is C17H23ClN2O2. The van der Waals surface area contributed by atoms with E-state index in [1.807, 2.05) is 32.0 Å². The topological polar surface area (TPSA) is 49.4 Å². The first-order chi connectivity index (χ1) is 10.5. The zero-order valence-electron chi connectivity index (χ0n) is 13.2. The van der Waals surface area contributed by atoms with Crippen LogP contribution in [0.25, 0.3) is 0 Å². The Hall–Kier alpha value is -1.55. The first kappa shape index (κ1) is 16.8. The molecule has 0 saturated carbocycles. The van der Waals surface area contributed by atoms with Crippen molar-refractivity contribution in [3.63, 3.8) is 0 Å². The minimum atomic E-state index is -0.333. The van der Waals surface area contributed by atoms with Crippen LogP contribution in [0.3, 0.4) is 0 Å². The van der Waals surface area contributed by atoms with Crippen LogP contribution in [0.15, 0.2) is 18.2 Å². The molecule has 1 heterocycles. The molecule has 1 aromatic carbocycles. The molecule has 1 aromatic rings. The normalized spacial score (nSPS) is 18.1. The maximum Gasteiger partial charge on any atom is 0.243 e. The lowest BCUT2D eigenvalue weighted by atomic mass is 10.0. The minimum absolute atomic E-state index is 0.0544. The van der Waals surface area contributed by atoms with Crippen molar-refractivity contribution < 1.29 is 9.59 Å². The van der Waals surface area contributed by atoms with Gasteiger partial charge in [-0.1, -0.05) is 24.6 Å². The van der Waals surface area contributed by atoms with Crippen LogP contribution in [0, 0.1) is 6.92 Å². The van der Waals surface area contributed by atoms with Gasteiger partial charge in [0.15, 0.2) is 0 Å². The van der Waals surface area contributed by atoms with E-state index in [4.69, 9.17) is 11.6 Å². The highest BCUT2D eigenvalue weighted by atomic mass is 35.5. The van der Waals surface area contributed by atoms with Crippen molar-refractivity contribution in [3.05, 3.63) is 34.3 Å². The van der Waals surface area contributed by atoms with E-state index in [2.05, 4.69) is 5.32 Å². The third kappa shape index (κ3) is 4.01. The van der Waals surface area contributed by atoms with E-state index in [1.165, 1.54) is 0 Å². The number of amides is 2. The Morgan fingerprint density at radius 2 is 2.14 bits per heavy atom. The average Bonchev–Trinajstić information content (AvgIpc) is 2.54. The number of carbonyl (C=O) groups is 2. The number of carbonyl (C=O) groups excluding carboxylic acids is 2. The Balaban J connectivity index is 2.01. The van der Waals surface area contributed by atoms with Crippen molar-refractivity contribution in [1.29, 1.82) is 0 Å². The van der Waals surface area contributed by atoms with Crippen LogP contribution in [0.5, 0.6) is 0 Å². The SMILES string of the molecule is CCC(=O)N1CCCC[C@@H]1C(=O)NCc1cc(Cl)ccc1C. The summed E-state index contributed by atoms with van der Waals surface area (Å²) in [6.45, 7) is 4.95. The van der Waals surface area contributed by atoms with Gasteiger partial charge in [0.05, 0.1) is 0 Å². The Kier molecular flexibility index (Phi) is 5.83. The molecule has 1 aliphatic heterocycles. The molecule has 0 aromatic heterocycles. The van der Waals surface area contributed by atoms with Crippen LogP contribution >= 0.6 is 11.6 Å². The zero-order chi connectivity index (χ0) is 16.1. The molecule has 0 radical (unpaired) electrons. The van der Waals surface area contributed by atoms with Gasteiger partial charge in [0, 0.05) is 24.5 Å². The van der Waals surface area contributed by atoms with E-state index in [0.717, 1.165) is 30.4 Å². The number of halogens is 1. The maximum atomic E-state index is 12.5. The van der Waals surface area contributed by atoms with Crippen molar-refractivity contribution in [3.8, 4) is 0 Å². The molecule has 1 aliphatic rings. The summed E-state index contributed by atoms with van der Waals surface area (Å²) in [5.41, 5.74) is 2.10. The van der Waals surface area contributed by atoms with Crippen molar-refractivity contribution >= 4 is 23.4 Å². The summed E-state index contributed by atoms with van der Waals surface area (Å²) >= 11 is 6.00. The number of benzene rings is 1. The van der Waals surface area contributed by atoms with E-state index in [0.29, 0.717) is 24.5 Å². The molecule has 1 saturated heterocycles. The highest BCUT2D eigenvalue weighted by molar-refractivity contribution is 6.30. The number of nitrogens with one attached hydrogen (secondary N) is 1. The molecular weight excluding hydrogens is 300 g/mol. The Bertz CT molecular complexity index is 560. The van der Waals surface area contributed by atoms with Gasteiger partial charge in [-0.25, -0.2) is 0 Å². The second-order valence-corrected chi connectivity index (χ2v) is 6.18. The molecule has 0 spiro atoms. The van der Waals surface area contributed by atoms with Gasteiger partial charge in [0.25, 0.3) is 0 Å². The molecule has 2 amide bonds. The van der Waals surface area contributed by atoms with Gasteiger partial charge in [0.1, 0.15) is 6.04 Å². The maximum absolute atomic E-state index is 12.5. The Morgan fingerprint density at radius 3 is 2.86 bits per heavy atom. The summed E-state index contributed by atoms with van der Waals surface area (Å²) in [5, 5.41) is 3.62. The predicted molar refractivity (Wildman–Crippen MR) is 87.7 cm³/mol. The second-order valence-electron chi connectivity index (χ2n) is 5.74. The predicted octanol–water partition coefficient (Wildman–Crippen LogP) is 3.06. The van der Waals surface area contributed by atoms with Gasteiger partial charge in [-0.2, -0.15) is 0 Å². The molecule has 4 nitrogen and oxygen atoms in total. The van der Waals surface area contributed by atoms with E-state index in [-0.39, 0.29) is 17.9 Å². The zero-order valence-corrected chi connectivity index (χ0v) is 13.9. The van der Waals surface area contributed by atoms with E-state index in [9.17, 15) is 9.59 Å². The van der Waals surface area contributed by atoms with Crippen LogP contribution in [0.4, 0.5) is 0 Å². The van der Waals surface area contributed by atoms with Crippen LogP contribution in [-0.2, 0) is 16.1 Å². The van der Waals surface area contributed by atoms with Crippen LogP contribution in [-0.4, -0.2) is 29.3 Å². The summed E-state index contributed by atoms with van der Waals surface area (Å²) in [7, 11) is 0. The molecule has 120 valence electrons. The van der Waals surface area contributed by atoms with Crippen LogP contribution in [0.1, 0.15) is 43.7 Å². The van der Waals surface area contributed by atoms with Crippen LogP contribution in [0.2, 0.25) is 5.02 Å². The Morgan fingerprint density at radius 1 is 1.36 bits per heavy atom. The third-order valence-electron chi connectivity index (χ3n) is 4.19. The quantitative estimate of drug-likeness (QED) is 0.926. The largest absolute Gasteiger partial charge is 0.350 e. The number of hydrogen-bond acceptors (Lipinski definition) is 2. The Labute approximate surface area is 136 Å². The van der Waals surface area contributed by atoms with Gasteiger partial charge in [0.2, 0.25) is 11.8 Å². The molecule has 1 atom stereocenters. The molecule has 22 heavy (non-hydrogen) atoms. The number of nitrogens with zero attached hydrogens (tertiary/aromatic N) is 1. The molecule has 0 unspecified atom stereocenters. The second kappa shape index (κ2) is 7.63. The third-order valence-corrected chi connectivity index (χ3v) is 4.43. The summed E-state index contributed by atoms with van der Waals surface area (Å²) in [6.07, 6.45) is 3.15. The monoisotopic (exact) mass is 322 g/mol. The summed E-state index contributed by atoms with van der Waals surface area (Å²) in [6, 6.07) is 5.32. The number of rotatable bonds is 4. The summed E-state index contributed by atoms with van der Waals surface area (Å²) in [4.78, 5) is 26.2. The number of likely N-dealkylation sites (tertiary alicyclic amines) is 1. The summed E-state index contributed by atoms with van der Waals surface area (Å²) in [5.74, 6) is -0.0142. The molecule has 1 N–H and O–H groups in total. The van der Waals surface area contributed by atoms with Crippen molar-refractivity contribution in [2.75, 3.05) is 6.54 Å². The standard InChI is InChI=1S/C17H23ClN2O2/c1-3-16(21)20-9-5-4-6-15(20)17(22)19-11-13-10-14(18)8-7-12(13)2/h7-8,10,15H,3-6,9,11H2,1-2H3,(H,19,22)/t15-/m1/s1. The smallest absolute Gasteiger partial charge is 0.243 e. The van der Waals surface area contributed by atoms with Crippen molar-refractivity contribution in [2.45, 2.75) is 52.1 Å². The lowest BCUT2D eigenvalue weighted by molar-refractivity contribution is -0.142. The van der Waals surface area contributed by atoms with Gasteiger partial charge in [-0.05, 0) is 49.4 Å². The number of aryl methyl sites for hydroxylation is 1. The lowest BCUT2D eigenvalue weighted by Gasteiger charge is -2.34. The molecule has 0 aliphatic carbocycles. The fourth-order valence-corrected chi connectivity index (χ4v) is 3.03. The van der Waals surface area contributed by atoms with Crippen LogP contribution < -0.4 is 5.32 Å². The van der Waals surface area contributed by atoms with E-state index < -0.39 is 0 Å². The van der Waals surface area contributed by atoms with Crippen molar-refractivity contribution in [2.24, 2.45) is 0 Å². The fourth-order valence-electron chi connectivity index (χ4n) is 2.84.